The molecule has 1 aromatic carbocycles. The van der Waals surface area contributed by atoms with Crippen LogP contribution in [-0.4, -0.2) is 13.3 Å². The highest BCUT2D eigenvalue weighted by Crippen LogP contribution is 2.32. The first-order valence-electron chi connectivity index (χ1n) is 6.78. The Balaban J connectivity index is 1.57. The highest BCUT2D eigenvalue weighted by atomic mass is 32.1. The van der Waals surface area contributed by atoms with Gasteiger partial charge < -0.3 is 14.8 Å². The van der Waals surface area contributed by atoms with Crippen molar-refractivity contribution in [3.05, 3.63) is 46.2 Å². The molecule has 0 unspecified atom stereocenters. The Bertz CT molecular complexity index is 578. The van der Waals surface area contributed by atoms with E-state index in [1.165, 1.54) is 10.4 Å². The van der Waals surface area contributed by atoms with E-state index < -0.39 is 0 Å². The van der Waals surface area contributed by atoms with Gasteiger partial charge >= 0.3 is 0 Å². The molecule has 106 valence electrons. The third-order valence-corrected chi connectivity index (χ3v) is 4.76. The molecule has 0 saturated heterocycles. The molecule has 2 heterocycles. The van der Waals surface area contributed by atoms with E-state index in [1.807, 2.05) is 23.5 Å². The summed E-state index contributed by atoms with van der Waals surface area (Å²) < 4.78 is 10.7. The minimum Gasteiger partial charge on any atom is -0.454 e. The van der Waals surface area contributed by atoms with Gasteiger partial charge in [-0.3, -0.25) is 0 Å². The molecule has 1 aliphatic rings. The van der Waals surface area contributed by atoms with E-state index in [2.05, 4.69) is 42.7 Å². The van der Waals surface area contributed by atoms with Gasteiger partial charge in [-0.15, -0.1) is 11.3 Å². The van der Waals surface area contributed by atoms with Gasteiger partial charge in [-0.25, -0.2) is 0 Å². The second kappa shape index (κ2) is 5.46. The number of nitrogens with one attached hydrogen (secondary N) is 1. The zero-order chi connectivity index (χ0) is 14.0. The molecule has 1 N–H and O–H groups in total. The van der Waals surface area contributed by atoms with Crippen LogP contribution in [0.4, 0.5) is 0 Å². The van der Waals surface area contributed by atoms with Crippen molar-refractivity contribution >= 4 is 11.3 Å². The lowest BCUT2D eigenvalue weighted by Gasteiger charge is -2.23. The van der Waals surface area contributed by atoms with Gasteiger partial charge in [0.05, 0.1) is 0 Å². The monoisotopic (exact) mass is 289 g/mol. The van der Waals surface area contributed by atoms with Gasteiger partial charge in [-0.2, -0.15) is 0 Å². The average molecular weight is 289 g/mol. The van der Waals surface area contributed by atoms with Crippen molar-refractivity contribution in [3.63, 3.8) is 0 Å². The lowest BCUT2D eigenvalue weighted by molar-refractivity contribution is 0.174. The Morgan fingerprint density at radius 3 is 2.85 bits per heavy atom. The highest BCUT2D eigenvalue weighted by molar-refractivity contribution is 7.10. The fourth-order valence-electron chi connectivity index (χ4n) is 2.32. The average Bonchev–Trinajstić information content (AvgIpc) is 3.09. The molecule has 0 atom stereocenters. The molecule has 0 fully saturated rings. The first-order valence-corrected chi connectivity index (χ1v) is 7.66. The Kier molecular flexibility index (Phi) is 3.68. The molecule has 0 radical (unpaired) electrons. The van der Waals surface area contributed by atoms with Crippen molar-refractivity contribution in [2.24, 2.45) is 0 Å². The molecule has 2 aromatic rings. The zero-order valence-electron chi connectivity index (χ0n) is 11.8. The maximum Gasteiger partial charge on any atom is 0.231 e. The summed E-state index contributed by atoms with van der Waals surface area (Å²) in [5, 5.41) is 5.67. The summed E-state index contributed by atoms with van der Waals surface area (Å²) in [5.74, 6) is 1.69. The fraction of sp³-hybridized carbons (Fsp3) is 0.375. The Morgan fingerprint density at radius 1 is 1.20 bits per heavy atom. The summed E-state index contributed by atoms with van der Waals surface area (Å²) in [6.45, 7) is 6.65. The Labute approximate surface area is 123 Å². The van der Waals surface area contributed by atoms with Crippen molar-refractivity contribution in [2.45, 2.75) is 25.8 Å². The van der Waals surface area contributed by atoms with E-state index >= 15 is 0 Å². The van der Waals surface area contributed by atoms with E-state index in [0.29, 0.717) is 6.79 Å². The number of thiophene rings is 1. The van der Waals surface area contributed by atoms with Crippen LogP contribution in [0.15, 0.2) is 35.7 Å². The molecule has 3 rings (SSSR count). The van der Waals surface area contributed by atoms with Gasteiger partial charge in [0, 0.05) is 23.4 Å². The number of benzene rings is 1. The molecule has 0 saturated carbocycles. The summed E-state index contributed by atoms with van der Waals surface area (Å²) in [4.78, 5) is 1.41. The van der Waals surface area contributed by atoms with Crippen molar-refractivity contribution in [2.75, 3.05) is 13.3 Å². The van der Waals surface area contributed by atoms with Gasteiger partial charge in [-0.05, 0) is 29.1 Å². The standard InChI is InChI=1S/C16H19NO2S/c1-16(2,15-4-3-7-20-15)10-17-9-12-5-6-13-14(8-12)19-11-18-13/h3-8,17H,9-11H2,1-2H3. The van der Waals surface area contributed by atoms with Crippen LogP contribution in [0.1, 0.15) is 24.3 Å². The molecule has 3 nitrogen and oxygen atoms in total. The second-order valence-electron chi connectivity index (χ2n) is 5.65. The minimum atomic E-state index is 0.157. The minimum absolute atomic E-state index is 0.157. The van der Waals surface area contributed by atoms with Crippen molar-refractivity contribution in [1.82, 2.24) is 5.32 Å². The molecule has 4 heteroatoms. The SMILES string of the molecule is CC(C)(CNCc1ccc2c(c1)OCO2)c1cccs1. The van der Waals surface area contributed by atoms with Crippen LogP contribution in [0, 0.1) is 0 Å². The number of ether oxygens (including phenoxy) is 2. The number of fused-ring (bicyclic) bond motifs is 1. The first-order chi connectivity index (χ1) is 9.65. The zero-order valence-corrected chi connectivity index (χ0v) is 12.6. The van der Waals surface area contributed by atoms with Gasteiger partial charge in [0.2, 0.25) is 6.79 Å². The highest BCUT2D eigenvalue weighted by Gasteiger charge is 2.21. The quantitative estimate of drug-likeness (QED) is 0.913. The van der Waals surface area contributed by atoms with Crippen LogP contribution in [-0.2, 0) is 12.0 Å². The summed E-state index contributed by atoms with van der Waals surface area (Å²) in [5.41, 5.74) is 1.38. The predicted octanol–water partition coefficient (Wildman–Crippen LogP) is 3.54. The van der Waals surface area contributed by atoms with Gasteiger partial charge in [0.15, 0.2) is 11.5 Å². The third-order valence-electron chi connectivity index (χ3n) is 3.52. The van der Waals surface area contributed by atoms with Gasteiger partial charge in [-0.1, -0.05) is 26.0 Å². The summed E-state index contributed by atoms with van der Waals surface area (Å²) >= 11 is 1.82. The van der Waals surface area contributed by atoms with Gasteiger partial charge in [0.25, 0.3) is 0 Å². The van der Waals surface area contributed by atoms with Gasteiger partial charge in [0.1, 0.15) is 0 Å². The molecular weight excluding hydrogens is 270 g/mol. The lowest BCUT2D eigenvalue weighted by Crippen LogP contribution is -2.31. The molecule has 1 aliphatic heterocycles. The molecular formula is C16H19NO2S. The Hall–Kier alpha value is -1.52. The molecule has 1 aromatic heterocycles. The van der Waals surface area contributed by atoms with Crippen molar-refractivity contribution in [1.29, 1.82) is 0 Å². The lowest BCUT2D eigenvalue weighted by atomic mass is 9.91. The smallest absolute Gasteiger partial charge is 0.231 e. The number of hydrogen-bond donors (Lipinski definition) is 1. The summed E-state index contributed by atoms with van der Waals surface area (Å²) in [6, 6.07) is 10.4. The maximum atomic E-state index is 5.40. The van der Waals surface area contributed by atoms with E-state index in [0.717, 1.165) is 24.6 Å². The predicted molar refractivity (Wildman–Crippen MR) is 81.6 cm³/mol. The largest absolute Gasteiger partial charge is 0.454 e. The van der Waals surface area contributed by atoms with Crippen LogP contribution < -0.4 is 14.8 Å². The topological polar surface area (TPSA) is 30.5 Å². The first kappa shape index (κ1) is 13.5. The van der Waals surface area contributed by atoms with E-state index in [9.17, 15) is 0 Å². The van der Waals surface area contributed by atoms with Crippen LogP contribution in [0.25, 0.3) is 0 Å². The summed E-state index contributed by atoms with van der Waals surface area (Å²) in [6.07, 6.45) is 0. The molecule has 0 spiro atoms. The molecule has 0 bridgehead atoms. The maximum absolute atomic E-state index is 5.40. The normalized spacial score (nSPS) is 13.7. The number of hydrogen-bond acceptors (Lipinski definition) is 4. The van der Waals surface area contributed by atoms with Crippen LogP contribution in [0.5, 0.6) is 11.5 Å². The number of rotatable bonds is 5. The van der Waals surface area contributed by atoms with Crippen LogP contribution in [0.3, 0.4) is 0 Å². The van der Waals surface area contributed by atoms with E-state index in [1.54, 1.807) is 0 Å². The molecule has 0 amide bonds. The van der Waals surface area contributed by atoms with Crippen molar-refractivity contribution < 1.29 is 9.47 Å². The Morgan fingerprint density at radius 2 is 2.05 bits per heavy atom. The van der Waals surface area contributed by atoms with E-state index in [4.69, 9.17) is 9.47 Å². The van der Waals surface area contributed by atoms with Crippen molar-refractivity contribution in [3.8, 4) is 11.5 Å². The van der Waals surface area contributed by atoms with Crippen LogP contribution in [0.2, 0.25) is 0 Å². The van der Waals surface area contributed by atoms with E-state index in [-0.39, 0.29) is 5.41 Å². The fourth-order valence-corrected chi connectivity index (χ4v) is 3.17. The van der Waals surface area contributed by atoms with Crippen LogP contribution >= 0.6 is 11.3 Å². The summed E-state index contributed by atoms with van der Waals surface area (Å²) in [7, 11) is 0. The third kappa shape index (κ3) is 2.81. The molecule has 20 heavy (non-hydrogen) atoms. The second-order valence-corrected chi connectivity index (χ2v) is 6.60. The molecule has 0 aliphatic carbocycles.